The zero-order chi connectivity index (χ0) is 35.0. The topological polar surface area (TPSA) is 108 Å². The molecule has 0 spiro atoms. The first-order valence-electron chi connectivity index (χ1n) is 18.6. The zero-order valence-electron chi connectivity index (χ0n) is 30.3. The van der Waals surface area contributed by atoms with E-state index in [-0.39, 0.29) is 45.3 Å². The number of carboxylic acids is 2. The number of hydrogen-bond donors (Lipinski definition) is 3. The van der Waals surface area contributed by atoms with Crippen LogP contribution in [0.2, 0.25) is 0 Å². The molecule has 6 rings (SSSR count). The lowest BCUT2D eigenvalue weighted by Crippen LogP contribution is -2.98. The van der Waals surface area contributed by atoms with Crippen LogP contribution in [-0.2, 0) is 9.59 Å². The Kier molecular flexibility index (Phi) is 8.63. The fourth-order valence-corrected chi connectivity index (χ4v) is 13.1. The van der Waals surface area contributed by atoms with E-state index in [2.05, 4.69) is 46.6 Å². The van der Waals surface area contributed by atoms with Crippen molar-refractivity contribution in [3.8, 4) is 12.3 Å². The van der Waals surface area contributed by atoms with E-state index in [0.29, 0.717) is 36.2 Å². The second kappa shape index (κ2) is 11.9. The molecule has 0 aliphatic heterocycles. The lowest BCUT2D eigenvalue weighted by Gasteiger charge is -2.72. The maximum atomic E-state index is 14.4. The predicted molar refractivity (Wildman–Crippen MR) is 188 cm³/mol. The summed E-state index contributed by atoms with van der Waals surface area (Å²) >= 11 is 0. The van der Waals surface area contributed by atoms with Gasteiger partial charge in [-0.05, 0) is 132 Å². The number of aromatic carboxylic acids is 1. The Hall–Kier alpha value is -2.91. The molecule has 6 nitrogen and oxygen atoms in total. The fraction of sp³-hybridized carbons (Fsp3) is 0.690. The van der Waals surface area contributed by atoms with Crippen molar-refractivity contribution in [2.75, 3.05) is 0 Å². The fourth-order valence-electron chi connectivity index (χ4n) is 13.1. The van der Waals surface area contributed by atoms with Gasteiger partial charge in [0.05, 0.1) is 11.0 Å². The molecule has 0 aromatic heterocycles. The molecule has 0 bridgehead atoms. The number of carbonyl (C=O) groups excluding carboxylic acids is 1. The summed E-state index contributed by atoms with van der Waals surface area (Å²) in [5.74, 6) is 3.20. The van der Waals surface area contributed by atoms with E-state index in [1.54, 1.807) is 17.4 Å². The summed E-state index contributed by atoms with van der Waals surface area (Å²) in [6, 6.07) is 6.68. The summed E-state index contributed by atoms with van der Waals surface area (Å²) in [4.78, 5) is 38.1. The lowest BCUT2D eigenvalue weighted by atomic mass is 9.32. The molecule has 1 amide bonds. The number of nitrogens with two attached hydrogens (primary N) is 1. The molecular formula is C42H58NO5+. The van der Waals surface area contributed by atoms with Crippen LogP contribution in [0.25, 0.3) is 5.57 Å². The number of benzene rings is 1. The molecule has 10 atom stereocenters. The summed E-state index contributed by atoms with van der Waals surface area (Å²) in [5, 5.41) is 21.1. The van der Waals surface area contributed by atoms with Gasteiger partial charge in [-0.15, -0.1) is 12.3 Å². The Labute approximate surface area is 287 Å². The van der Waals surface area contributed by atoms with Crippen LogP contribution in [0.3, 0.4) is 0 Å². The predicted octanol–water partition coefficient (Wildman–Crippen LogP) is 7.68. The number of quaternary nitrogens is 1. The normalized spacial score (nSPS) is 40.3. The molecule has 5 aliphatic rings. The van der Waals surface area contributed by atoms with E-state index in [4.69, 9.17) is 6.42 Å². The van der Waals surface area contributed by atoms with Crippen molar-refractivity contribution < 1.29 is 29.9 Å². The van der Waals surface area contributed by atoms with E-state index >= 15 is 0 Å². The van der Waals surface area contributed by atoms with Crippen LogP contribution in [0.15, 0.2) is 30.3 Å². The number of carboxylic acid groups (broad SMARTS) is 2. The number of fused-ring (bicyclic) bond motifs is 7. The molecule has 260 valence electrons. The van der Waals surface area contributed by atoms with E-state index in [0.717, 1.165) is 56.9 Å². The highest BCUT2D eigenvalue weighted by Crippen LogP contribution is 2.77. The average Bonchev–Trinajstić information content (AvgIpc) is 3.41. The van der Waals surface area contributed by atoms with Crippen LogP contribution in [0.4, 0.5) is 0 Å². The minimum absolute atomic E-state index is 0.0476. The van der Waals surface area contributed by atoms with Crippen molar-refractivity contribution in [1.29, 1.82) is 0 Å². The third-order valence-corrected chi connectivity index (χ3v) is 15.5. The quantitative estimate of drug-likeness (QED) is 0.261. The van der Waals surface area contributed by atoms with Crippen molar-refractivity contribution >= 4 is 23.4 Å². The highest BCUT2D eigenvalue weighted by atomic mass is 16.4. The third-order valence-electron chi connectivity index (χ3n) is 15.5. The lowest BCUT2D eigenvalue weighted by molar-refractivity contribution is -0.603. The molecule has 4 N–H and O–H groups in total. The number of carbonyl (C=O) groups is 3. The minimum Gasteiger partial charge on any atom is -0.478 e. The number of terminal acetylenes is 1. The van der Waals surface area contributed by atoms with E-state index < -0.39 is 23.4 Å². The van der Waals surface area contributed by atoms with Gasteiger partial charge in [0.25, 0.3) is 0 Å². The molecule has 1 aromatic carbocycles. The van der Waals surface area contributed by atoms with Crippen molar-refractivity contribution in [1.82, 2.24) is 0 Å². The number of amides is 1. The molecule has 0 saturated heterocycles. The number of aliphatic carboxylic acids is 1. The summed E-state index contributed by atoms with van der Waals surface area (Å²) in [6.45, 7) is 16.5. The molecule has 4 saturated carbocycles. The van der Waals surface area contributed by atoms with Gasteiger partial charge in [-0.25, -0.2) is 14.4 Å². The molecule has 5 aliphatic carbocycles. The largest absolute Gasteiger partial charge is 0.478 e. The Balaban J connectivity index is 1.31. The third kappa shape index (κ3) is 5.04. The summed E-state index contributed by atoms with van der Waals surface area (Å²) in [6.07, 6.45) is 18.0. The van der Waals surface area contributed by atoms with E-state index in [1.807, 2.05) is 26.0 Å². The van der Waals surface area contributed by atoms with Gasteiger partial charge < -0.3 is 10.2 Å². The molecule has 4 fully saturated rings. The number of primary amides is 1. The second-order valence-corrected chi connectivity index (χ2v) is 18.3. The van der Waals surface area contributed by atoms with Gasteiger partial charge in [0.2, 0.25) is 0 Å². The second-order valence-electron chi connectivity index (χ2n) is 18.3. The Bertz CT molecular complexity index is 1550. The number of rotatable bonds is 7. The smallest absolute Gasteiger partial charge is 0.362 e. The highest BCUT2D eigenvalue weighted by molar-refractivity contribution is 5.88. The van der Waals surface area contributed by atoms with Crippen LogP contribution in [-0.4, -0.2) is 34.1 Å². The first kappa shape index (κ1) is 34.9. The van der Waals surface area contributed by atoms with Gasteiger partial charge >= 0.3 is 17.8 Å². The van der Waals surface area contributed by atoms with Crippen molar-refractivity contribution in [3.63, 3.8) is 0 Å². The minimum atomic E-state index is -0.903. The number of hydrogen-bond acceptors (Lipinski definition) is 3. The standard InChI is InChI=1S/C42H57NO5/c1-9-26-23-31-30-14-15-34-39(6)18-16-29(27-10-12-28(13-11-27)35(44)45)38(4,5)33(39)17-19-41(34,8)40(30,7)20-21-42(31,24-26)37(48)43-32(36(46)47)22-25(2)3/h1,10-13,16,25-26,30-34H,14-15,17-24H2,2-8H3,(H,43,48)(H,44,45)(H,46,47)/p+1. The summed E-state index contributed by atoms with van der Waals surface area (Å²) in [7, 11) is 0. The van der Waals surface area contributed by atoms with Crippen LogP contribution in [0.1, 0.15) is 129 Å². The SMILES string of the molecule is C#CC1CC2C3CCC4C5(C)CC=C(c6ccc(C(=O)O)cc6)C(C)(C)C5CCC4(C)C3(C)CCC2(C(=O)[NH2+]C(CC(C)C)C(=O)O)C1. The van der Waals surface area contributed by atoms with Gasteiger partial charge in [-0.3, -0.25) is 5.32 Å². The molecule has 0 heterocycles. The first-order chi connectivity index (χ1) is 22.4. The molecule has 1 aromatic rings. The molecular weight excluding hydrogens is 598 g/mol. The van der Waals surface area contributed by atoms with Crippen molar-refractivity contribution in [2.24, 2.45) is 62.6 Å². The van der Waals surface area contributed by atoms with E-state index in [1.165, 1.54) is 5.57 Å². The maximum Gasteiger partial charge on any atom is 0.362 e. The van der Waals surface area contributed by atoms with Gasteiger partial charge in [-0.2, -0.15) is 0 Å². The molecule has 0 radical (unpaired) electrons. The van der Waals surface area contributed by atoms with Crippen molar-refractivity contribution in [3.05, 3.63) is 41.5 Å². The van der Waals surface area contributed by atoms with Gasteiger partial charge in [0.1, 0.15) is 0 Å². The van der Waals surface area contributed by atoms with Crippen LogP contribution < -0.4 is 5.32 Å². The Morgan fingerprint density at radius 3 is 2.21 bits per heavy atom. The Morgan fingerprint density at radius 1 is 0.917 bits per heavy atom. The molecule has 48 heavy (non-hydrogen) atoms. The number of allylic oxidation sites excluding steroid dienone is 2. The molecule has 10 unspecified atom stereocenters. The average molecular weight is 657 g/mol. The summed E-state index contributed by atoms with van der Waals surface area (Å²) < 4.78 is 0. The Morgan fingerprint density at radius 2 is 1.60 bits per heavy atom. The van der Waals surface area contributed by atoms with Gasteiger partial charge in [0.15, 0.2) is 6.04 Å². The first-order valence-corrected chi connectivity index (χ1v) is 18.6. The van der Waals surface area contributed by atoms with Crippen molar-refractivity contribution in [2.45, 2.75) is 119 Å². The molecule has 6 heteroatoms. The van der Waals surface area contributed by atoms with Crippen LogP contribution in [0, 0.1) is 74.9 Å². The van der Waals surface area contributed by atoms with Crippen LogP contribution in [0.5, 0.6) is 0 Å². The zero-order valence-corrected chi connectivity index (χ0v) is 30.3. The van der Waals surface area contributed by atoms with E-state index in [9.17, 15) is 24.6 Å². The van der Waals surface area contributed by atoms with Crippen LogP contribution >= 0.6 is 0 Å². The maximum absolute atomic E-state index is 14.4. The summed E-state index contributed by atoms with van der Waals surface area (Å²) in [5.41, 5.74) is 2.53. The monoisotopic (exact) mass is 656 g/mol. The van der Waals surface area contributed by atoms with Gasteiger partial charge in [-0.1, -0.05) is 66.7 Å². The van der Waals surface area contributed by atoms with Gasteiger partial charge in [0, 0.05) is 12.3 Å². The highest BCUT2D eigenvalue weighted by Gasteiger charge is 2.71.